The smallest absolute Gasteiger partial charge is 0.322 e. The lowest BCUT2D eigenvalue weighted by Crippen LogP contribution is -2.47. The average Bonchev–Trinajstić information content (AvgIpc) is 3.11. The third-order valence-electron chi connectivity index (χ3n) is 4.31. The summed E-state index contributed by atoms with van der Waals surface area (Å²) in [4.78, 5) is 37.9. The number of nitrogens with one attached hydrogen (secondary N) is 2. The van der Waals surface area contributed by atoms with Crippen molar-refractivity contribution in [1.29, 1.82) is 0 Å². The number of rotatable bonds is 8. The monoisotopic (exact) mass is 361 g/mol. The number of ketones is 1. The molecule has 0 aromatic heterocycles. The van der Waals surface area contributed by atoms with E-state index in [0.29, 0.717) is 44.0 Å². The number of anilines is 1. The second kappa shape index (κ2) is 9.91. The Bertz CT molecular complexity index is 647. The molecule has 142 valence electrons. The summed E-state index contributed by atoms with van der Waals surface area (Å²) in [6.07, 6.45) is 2.19. The van der Waals surface area contributed by atoms with Crippen molar-refractivity contribution in [3.8, 4) is 0 Å². The molecule has 2 N–H and O–H groups in total. The van der Waals surface area contributed by atoms with E-state index in [9.17, 15) is 14.4 Å². The van der Waals surface area contributed by atoms with Crippen molar-refractivity contribution in [2.75, 3.05) is 31.6 Å². The van der Waals surface area contributed by atoms with Gasteiger partial charge in [0, 0.05) is 37.6 Å². The molecule has 1 saturated heterocycles. The van der Waals surface area contributed by atoms with E-state index < -0.39 is 6.04 Å². The summed E-state index contributed by atoms with van der Waals surface area (Å²) >= 11 is 0. The summed E-state index contributed by atoms with van der Waals surface area (Å²) in [6, 6.07) is 6.00. The quantitative estimate of drug-likeness (QED) is 0.550. The molecule has 1 aromatic carbocycles. The van der Waals surface area contributed by atoms with E-state index in [1.54, 1.807) is 29.2 Å². The summed E-state index contributed by atoms with van der Waals surface area (Å²) in [6.45, 7) is 5.75. The van der Waals surface area contributed by atoms with Gasteiger partial charge in [-0.05, 0) is 45.2 Å². The van der Waals surface area contributed by atoms with Crippen LogP contribution in [-0.2, 0) is 9.53 Å². The molecule has 0 saturated carbocycles. The largest absolute Gasteiger partial charge is 0.382 e. The van der Waals surface area contributed by atoms with Gasteiger partial charge in [-0.25, -0.2) is 4.79 Å². The first-order valence-corrected chi connectivity index (χ1v) is 9.07. The minimum Gasteiger partial charge on any atom is -0.382 e. The van der Waals surface area contributed by atoms with E-state index in [4.69, 9.17) is 4.74 Å². The molecule has 7 heteroatoms. The number of ether oxygens (including phenoxy) is 1. The van der Waals surface area contributed by atoms with Gasteiger partial charge in [0.2, 0.25) is 5.91 Å². The maximum Gasteiger partial charge on any atom is 0.322 e. The fourth-order valence-corrected chi connectivity index (χ4v) is 2.94. The Morgan fingerprint density at radius 3 is 2.85 bits per heavy atom. The highest BCUT2D eigenvalue weighted by atomic mass is 16.5. The summed E-state index contributed by atoms with van der Waals surface area (Å²) in [7, 11) is 0. The number of hydrogen-bond donors (Lipinski definition) is 2. The first-order chi connectivity index (χ1) is 12.5. The van der Waals surface area contributed by atoms with Gasteiger partial charge in [0.1, 0.15) is 6.04 Å². The minimum atomic E-state index is -0.460. The molecule has 1 heterocycles. The summed E-state index contributed by atoms with van der Waals surface area (Å²) in [5.74, 6) is -0.196. The van der Waals surface area contributed by atoms with Crippen LogP contribution < -0.4 is 10.6 Å². The van der Waals surface area contributed by atoms with Crippen LogP contribution in [0.4, 0.5) is 10.5 Å². The van der Waals surface area contributed by atoms with Crippen LogP contribution in [0.25, 0.3) is 0 Å². The molecule has 1 aliphatic rings. The van der Waals surface area contributed by atoms with E-state index in [1.165, 1.54) is 6.92 Å². The molecule has 0 bridgehead atoms. The van der Waals surface area contributed by atoms with Crippen LogP contribution in [0.1, 0.15) is 43.5 Å². The lowest BCUT2D eigenvalue weighted by molar-refractivity contribution is -0.124. The standard InChI is InChI=1S/C19H27N3O4/c1-3-26-12-6-10-20-18(24)17-9-5-11-22(17)19(25)21-16-8-4-7-15(13-16)14(2)23/h4,7-8,13,17H,3,5-6,9-12H2,1-2H3,(H,20,24)(H,21,25)/t17-/m1/s1. The number of urea groups is 1. The maximum absolute atomic E-state index is 12.6. The van der Waals surface area contributed by atoms with Crippen molar-refractivity contribution in [2.45, 2.75) is 39.2 Å². The van der Waals surface area contributed by atoms with Gasteiger partial charge in [-0.1, -0.05) is 12.1 Å². The van der Waals surface area contributed by atoms with Crippen LogP contribution in [0.5, 0.6) is 0 Å². The Morgan fingerprint density at radius 1 is 1.31 bits per heavy atom. The van der Waals surface area contributed by atoms with Crippen LogP contribution in [0, 0.1) is 0 Å². The van der Waals surface area contributed by atoms with Crippen LogP contribution in [0.3, 0.4) is 0 Å². The van der Waals surface area contributed by atoms with Gasteiger partial charge in [0.25, 0.3) is 0 Å². The van der Waals surface area contributed by atoms with E-state index >= 15 is 0 Å². The number of carbonyl (C=O) groups excluding carboxylic acids is 3. The third-order valence-corrected chi connectivity index (χ3v) is 4.31. The number of amides is 3. The number of likely N-dealkylation sites (tertiary alicyclic amines) is 1. The van der Waals surface area contributed by atoms with Crippen LogP contribution in [0.2, 0.25) is 0 Å². The van der Waals surface area contributed by atoms with E-state index in [-0.39, 0.29) is 17.7 Å². The Labute approximate surface area is 154 Å². The van der Waals surface area contributed by atoms with Gasteiger partial charge in [-0.3, -0.25) is 9.59 Å². The number of hydrogen-bond acceptors (Lipinski definition) is 4. The zero-order chi connectivity index (χ0) is 18.9. The number of benzene rings is 1. The molecule has 3 amide bonds. The number of carbonyl (C=O) groups is 3. The second-order valence-corrected chi connectivity index (χ2v) is 6.26. The van der Waals surface area contributed by atoms with Gasteiger partial charge in [-0.2, -0.15) is 0 Å². The molecule has 26 heavy (non-hydrogen) atoms. The molecule has 1 atom stereocenters. The lowest BCUT2D eigenvalue weighted by atomic mass is 10.1. The number of Topliss-reactive ketones (excluding diaryl/α,β-unsaturated/α-hetero) is 1. The molecule has 0 radical (unpaired) electrons. The van der Waals surface area contributed by atoms with Gasteiger partial charge >= 0.3 is 6.03 Å². The Morgan fingerprint density at radius 2 is 2.12 bits per heavy atom. The van der Waals surface area contributed by atoms with Crippen molar-refractivity contribution in [3.63, 3.8) is 0 Å². The molecular weight excluding hydrogens is 334 g/mol. The zero-order valence-electron chi connectivity index (χ0n) is 15.4. The predicted molar refractivity (Wildman–Crippen MR) is 99.3 cm³/mol. The van der Waals surface area contributed by atoms with Gasteiger partial charge < -0.3 is 20.3 Å². The minimum absolute atomic E-state index is 0.0634. The second-order valence-electron chi connectivity index (χ2n) is 6.26. The molecule has 1 aromatic rings. The van der Waals surface area contributed by atoms with Crippen molar-refractivity contribution in [3.05, 3.63) is 29.8 Å². The highest BCUT2D eigenvalue weighted by Gasteiger charge is 2.33. The fraction of sp³-hybridized carbons (Fsp3) is 0.526. The Balaban J connectivity index is 1.90. The van der Waals surface area contributed by atoms with Gasteiger partial charge in [0.05, 0.1) is 0 Å². The van der Waals surface area contributed by atoms with E-state index in [0.717, 1.165) is 12.8 Å². The molecule has 7 nitrogen and oxygen atoms in total. The van der Waals surface area contributed by atoms with Crippen molar-refractivity contribution in [2.24, 2.45) is 0 Å². The first-order valence-electron chi connectivity index (χ1n) is 9.07. The van der Waals surface area contributed by atoms with Crippen LogP contribution in [-0.4, -0.2) is 55.0 Å². The van der Waals surface area contributed by atoms with Crippen LogP contribution >= 0.6 is 0 Å². The molecular formula is C19H27N3O4. The number of nitrogens with zero attached hydrogens (tertiary/aromatic N) is 1. The van der Waals surface area contributed by atoms with Gasteiger partial charge in [-0.15, -0.1) is 0 Å². The normalized spacial score (nSPS) is 16.4. The molecule has 0 aliphatic carbocycles. The summed E-state index contributed by atoms with van der Waals surface area (Å²) in [5, 5.41) is 5.65. The first kappa shape index (κ1) is 19.9. The van der Waals surface area contributed by atoms with Crippen molar-refractivity contribution in [1.82, 2.24) is 10.2 Å². The van der Waals surface area contributed by atoms with E-state index in [1.807, 2.05) is 6.92 Å². The zero-order valence-corrected chi connectivity index (χ0v) is 15.4. The van der Waals surface area contributed by atoms with Crippen molar-refractivity contribution >= 4 is 23.4 Å². The Hall–Kier alpha value is -2.41. The molecule has 0 spiro atoms. The summed E-state index contributed by atoms with van der Waals surface area (Å²) in [5.41, 5.74) is 1.08. The fourth-order valence-electron chi connectivity index (χ4n) is 2.94. The van der Waals surface area contributed by atoms with E-state index in [2.05, 4.69) is 10.6 Å². The van der Waals surface area contributed by atoms with Crippen LogP contribution in [0.15, 0.2) is 24.3 Å². The molecule has 0 unspecified atom stereocenters. The highest BCUT2D eigenvalue weighted by molar-refractivity contribution is 5.97. The molecule has 2 rings (SSSR count). The highest BCUT2D eigenvalue weighted by Crippen LogP contribution is 2.20. The van der Waals surface area contributed by atoms with Gasteiger partial charge in [0.15, 0.2) is 5.78 Å². The average molecular weight is 361 g/mol. The topological polar surface area (TPSA) is 87.7 Å². The maximum atomic E-state index is 12.6. The predicted octanol–water partition coefficient (Wildman–Crippen LogP) is 2.43. The SMILES string of the molecule is CCOCCCNC(=O)[C@H]1CCCN1C(=O)Nc1cccc(C(C)=O)c1. The summed E-state index contributed by atoms with van der Waals surface area (Å²) < 4.78 is 5.24. The Kier molecular flexibility index (Phi) is 7.59. The third kappa shape index (κ3) is 5.56. The molecule has 1 fully saturated rings. The van der Waals surface area contributed by atoms with Crippen molar-refractivity contribution < 1.29 is 19.1 Å². The lowest BCUT2D eigenvalue weighted by Gasteiger charge is -2.24. The molecule has 1 aliphatic heterocycles.